The van der Waals surface area contributed by atoms with Crippen molar-refractivity contribution in [2.75, 3.05) is 23.3 Å². The van der Waals surface area contributed by atoms with Gasteiger partial charge in [-0.05, 0) is 50.5 Å². The number of carbonyl (C=O) groups excluding carboxylic acids is 2. The molecule has 4 aromatic rings. The van der Waals surface area contributed by atoms with E-state index in [1.165, 1.54) is 29.4 Å². The van der Waals surface area contributed by atoms with Gasteiger partial charge in [0.1, 0.15) is 23.5 Å². The molecule has 0 aliphatic carbocycles. The molecule has 202 valence electrons. The van der Waals surface area contributed by atoms with Crippen molar-refractivity contribution in [2.24, 2.45) is 13.0 Å². The van der Waals surface area contributed by atoms with E-state index >= 15 is 0 Å². The molecule has 1 unspecified atom stereocenters. The minimum Gasteiger partial charge on any atom is -0.356 e. The Labute approximate surface area is 223 Å². The number of Topliss-reactive ketones (excluding diaryl/α,β-unsaturated/α-hetero) is 1. The summed E-state index contributed by atoms with van der Waals surface area (Å²) in [6.07, 6.45) is 4.28. The lowest BCUT2D eigenvalue weighted by Crippen LogP contribution is -2.41. The van der Waals surface area contributed by atoms with E-state index in [9.17, 15) is 19.2 Å². The van der Waals surface area contributed by atoms with Crippen LogP contribution in [-0.4, -0.2) is 53.4 Å². The second-order valence-corrected chi connectivity index (χ2v) is 10.1. The highest BCUT2D eigenvalue weighted by molar-refractivity contribution is 5.93. The van der Waals surface area contributed by atoms with Crippen LogP contribution in [0.3, 0.4) is 0 Å². The predicted octanol–water partition coefficient (Wildman–Crippen LogP) is 1.99. The number of pyridine rings is 2. The predicted molar refractivity (Wildman–Crippen MR) is 147 cm³/mol. The van der Waals surface area contributed by atoms with E-state index in [1.54, 1.807) is 25.3 Å². The quantitative estimate of drug-likeness (QED) is 0.383. The Morgan fingerprint density at radius 3 is 2.62 bits per heavy atom. The van der Waals surface area contributed by atoms with Crippen molar-refractivity contribution in [2.45, 2.75) is 39.8 Å². The third-order valence-corrected chi connectivity index (χ3v) is 7.03. The highest BCUT2D eigenvalue weighted by atomic mass is 16.2. The van der Waals surface area contributed by atoms with Crippen LogP contribution in [0.15, 0.2) is 52.4 Å². The summed E-state index contributed by atoms with van der Waals surface area (Å²) in [6.45, 7) is 6.78. The topological polar surface area (TPSA) is 137 Å². The minimum absolute atomic E-state index is 0.0567. The third-order valence-electron chi connectivity index (χ3n) is 7.03. The second-order valence-electron chi connectivity index (χ2n) is 10.1. The summed E-state index contributed by atoms with van der Waals surface area (Å²) in [6, 6.07) is 8.41. The number of fused-ring (bicyclic) bond motifs is 1. The molecule has 1 aliphatic heterocycles. The molecule has 5 heterocycles. The highest BCUT2D eigenvalue weighted by Gasteiger charge is 2.24. The molecular formula is C27H30N8O4. The maximum Gasteiger partial charge on any atom is 0.332 e. The van der Waals surface area contributed by atoms with E-state index in [2.05, 4.69) is 32.1 Å². The minimum atomic E-state index is -0.861. The van der Waals surface area contributed by atoms with Crippen LogP contribution in [0.2, 0.25) is 0 Å². The fraction of sp³-hybridized carbons (Fsp3) is 0.370. The number of hydrogen-bond donors (Lipinski definition) is 1. The lowest BCUT2D eigenvalue weighted by atomic mass is 10.2. The third kappa shape index (κ3) is 4.97. The number of hydrogen-bond acceptors (Lipinski definition) is 8. The first-order chi connectivity index (χ1) is 18.6. The summed E-state index contributed by atoms with van der Waals surface area (Å²) in [5, 5.41) is 2.80. The zero-order chi connectivity index (χ0) is 27.8. The standard InChI is InChI=1S/C27H30N8O4/c1-16-10-11-33(13-16)22-9-8-19(12-28-22)20-6-5-7-21(30-20)31-25(37)18(3)35-15-29-24-23(35)26(38)34(14-17(2)36)27(39)32(24)4/h5-9,12,15-16,18H,10-11,13-14H2,1-4H3,(H,30,31,37)/t16?,18-/m0/s1. The molecule has 0 saturated carbocycles. The number of anilines is 2. The Morgan fingerprint density at radius 1 is 1.15 bits per heavy atom. The largest absolute Gasteiger partial charge is 0.356 e. The number of imidazole rings is 1. The molecular weight excluding hydrogens is 500 g/mol. The summed E-state index contributed by atoms with van der Waals surface area (Å²) in [7, 11) is 1.46. The first kappa shape index (κ1) is 26.0. The Kier molecular flexibility index (Phi) is 6.85. The van der Waals surface area contributed by atoms with Crippen molar-refractivity contribution < 1.29 is 9.59 Å². The fourth-order valence-electron chi connectivity index (χ4n) is 4.83. The summed E-state index contributed by atoms with van der Waals surface area (Å²) < 4.78 is 3.44. The second kappa shape index (κ2) is 10.3. The van der Waals surface area contributed by atoms with E-state index in [0.717, 1.165) is 35.5 Å². The lowest BCUT2D eigenvalue weighted by Gasteiger charge is -2.17. The molecule has 1 saturated heterocycles. The molecule has 12 heteroatoms. The van der Waals surface area contributed by atoms with Crippen LogP contribution >= 0.6 is 0 Å². The summed E-state index contributed by atoms with van der Waals surface area (Å²) in [4.78, 5) is 66.2. The Hall–Kier alpha value is -4.61. The zero-order valence-electron chi connectivity index (χ0n) is 22.3. The van der Waals surface area contributed by atoms with Gasteiger partial charge in [-0.3, -0.25) is 23.5 Å². The number of rotatable bonds is 7. The van der Waals surface area contributed by atoms with Crippen molar-refractivity contribution in [1.29, 1.82) is 0 Å². The molecule has 39 heavy (non-hydrogen) atoms. The number of ketones is 1. The van der Waals surface area contributed by atoms with Gasteiger partial charge in [0.2, 0.25) is 5.91 Å². The Balaban J connectivity index is 1.38. The van der Waals surface area contributed by atoms with E-state index in [1.807, 2.05) is 18.2 Å². The van der Waals surface area contributed by atoms with Crippen LogP contribution in [0.1, 0.15) is 33.2 Å². The van der Waals surface area contributed by atoms with Crippen LogP contribution in [0.5, 0.6) is 0 Å². The van der Waals surface area contributed by atoms with Crippen molar-refractivity contribution >= 4 is 34.5 Å². The molecule has 2 atom stereocenters. The molecule has 5 rings (SSSR count). The molecule has 12 nitrogen and oxygen atoms in total. The first-order valence-electron chi connectivity index (χ1n) is 12.8. The van der Waals surface area contributed by atoms with Crippen LogP contribution in [0.4, 0.5) is 11.6 Å². The number of aryl methyl sites for hydroxylation is 1. The number of aromatic nitrogens is 6. The summed E-state index contributed by atoms with van der Waals surface area (Å²) >= 11 is 0. The van der Waals surface area contributed by atoms with Crippen molar-refractivity contribution in [3.05, 3.63) is 63.7 Å². The smallest absolute Gasteiger partial charge is 0.332 e. The van der Waals surface area contributed by atoms with Gasteiger partial charge in [0, 0.05) is 31.9 Å². The fourth-order valence-corrected chi connectivity index (χ4v) is 4.83. The van der Waals surface area contributed by atoms with Gasteiger partial charge in [-0.15, -0.1) is 0 Å². The zero-order valence-corrected chi connectivity index (χ0v) is 22.3. The van der Waals surface area contributed by atoms with Crippen LogP contribution in [-0.2, 0) is 23.2 Å². The monoisotopic (exact) mass is 530 g/mol. The normalized spacial score (nSPS) is 16.0. The van der Waals surface area contributed by atoms with Crippen molar-refractivity contribution in [3.8, 4) is 11.3 Å². The number of amides is 1. The molecule has 0 radical (unpaired) electrons. The molecule has 0 bridgehead atoms. The average molecular weight is 531 g/mol. The molecule has 1 fully saturated rings. The van der Waals surface area contributed by atoms with Gasteiger partial charge in [-0.25, -0.2) is 19.7 Å². The average Bonchev–Trinajstić information content (AvgIpc) is 3.56. The molecule has 0 spiro atoms. The van der Waals surface area contributed by atoms with Gasteiger partial charge >= 0.3 is 5.69 Å². The first-order valence-corrected chi connectivity index (χ1v) is 12.8. The summed E-state index contributed by atoms with van der Waals surface area (Å²) in [5.41, 5.74) is 0.334. The number of nitrogens with one attached hydrogen (secondary N) is 1. The van der Waals surface area contributed by atoms with Crippen molar-refractivity contribution in [3.63, 3.8) is 0 Å². The maximum absolute atomic E-state index is 13.2. The molecule has 1 N–H and O–H groups in total. The highest BCUT2D eigenvalue weighted by Crippen LogP contribution is 2.25. The van der Waals surface area contributed by atoms with Crippen LogP contribution in [0, 0.1) is 5.92 Å². The Morgan fingerprint density at radius 2 is 1.95 bits per heavy atom. The van der Waals surface area contributed by atoms with E-state index in [-0.39, 0.29) is 23.5 Å². The molecule has 0 aromatic carbocycles. The van der Waals surface area contributed by atoms with E-state index in [4.69, 9.17) is 0 Å². The molecule has 4 aromatic heterocycles. The SMILES string of the molecule is CC(=O)Cn1c(=O)c2c(ncn2[C@@H](C)C(=O)Nc2cccc(-c3ccc(N4CCC(C)C4)nc3)n2)n(C)c1=O. The van der Waals surface area contributed by atoms with Gasteiger partial charge < -0.3 is 14.8 Å². The maximum atomic E-state index is 13.2. The van der Waals surface area contributed by atoms with Crippen LogP contribution in [0.25, 0.3) is 22.4 Å². The van der Waals surface area contributed by atoms with Crippen LogP contribution < -0.4 is 21.5 Å². The number of nitrogens with zero attached hydrogens (tertiary/aromatic N) is 7. The van der Waals surface area contributed by atoms with Gasteiger partial charge in [0.15, 0.2) is 11.2 Å². The van der Waals surface area contributed by atoms with Gasteiger partial charge in [0.25, 0.3) is 5.56 Å². The summed E-state index contributed by atoms with van der Waals surface area (Å²) in [5.74, 6) is 1.17. The van der Waals surface area contributed by atoms with E-state index < -0.39 is 23.2 Å². The van der Waals surface area contributed by atoms with Gasteiger partial charge in [-0.2, -0.15) is 0 Å². The molecule has 1 amide bonds. The van der Waals surface area contributed by atoms with E-state index in [0.29, 0.717) is 17.4 Å². The number of carbonyl (C=O) groups is 2. The lowest BCUT2D eigenvalue weighted by molar-refractivity contribution is -0.119. The van der Waals surface area contributed by atoms with Gasteiger partial charge in [-0.1, -0.05) is 13.0 Å². The van der Waals surface area contributed by atoms with Gasteiger partial charge in [0.05, 0.1) is 18.6 Å². The molecule has 1 aliphatic rings. The Bertz CT molecular complexity index is 1680. The van der Waals surface area contributed by atoms with Crippen molar-refractivity contribution in [1.82, 2.24) is 28.7 Å².